The van der Waals surface area contributed by atoms with Crippen molar-refractivity contribution in [2.75, 3.05) is 11.9 Å². The fraction of sp³-hybridized carbons (Fsp3) is 0.250. The van der Waals surface area contributed by atoms with Gasteiger partial charge in [0.1, 0.15) is 5.82 Å². The molecule has 0 unspecified atom stereocenters. The molecule has 3 nitrogen and oxygen atoms in total. The van der Waals surface area contributed by atoms with Crippen molar-refractivity contribution in [1.29, 1.82) is 0 Å². The van der Waals surface area contributed by atoms with Gasteiger partial charge >= 0.3 is 0 Å². The molecule has 0 aliphatic carbocycles. The summed E-state index contributed by atoms with van der Waals surface area (Å²) in [4.78, 5) is 7.64. The van der Waals surface area contributed by atoms with Crippen LogP contribution in [0.15, 0.2) is 34.2 Å². The van der Waals surface area contributed by atoms with Crippen molar-refractivity contribution < 1.29 is 5.11 Å². The van der Waals surface area contributed by atoms with Crippen molar-refractivity contribution in [3.8, 4) is 0 Å². The van der Waals surface area contributed by atoms with E-state index in [1.165, 1.54) is 4.88 Å². The van der Waals surface area contributed by atoms with Crippen molar-refractivity contribution >= 4 is 33.1 Å². The van der Waals surface area contributed by atoms with E-state index in [2.05, 4.69) is 37.3 Å². The molecule has 0 atom stereocenters. The van der Waals surface area contributed by atoms with Gasteiger partial charge in [-0.2, -0.15) is 0 Å². The van der Waals surface area contributed by atoms with Gasteiger partial charge in [0.25, 0.3) is 0 Å². The van der Waals surface area contributed by atoms with Crippen LogP contribution in [0.5, 0.6) is 0 Å². The van der Waals surface area contributed by atoms with Gasteiger partial charge in [0, 0.05) is 28.0 Å². The molecule has 0 fully saturated rings. The van der Waals surface area contributed by atoms with E-state index in [1.807, 2.05) is 19.2 Å². The lowest BCUT2D eigenvalue weighted by molar-refractivity contribution is 0.281. The fourth-order valence-electron chi connectivity index (χ4n) is 1.52. The summed E-state index contributed by atoms with van der Waals surface area (Å²) in [6, 6.07) is 5.83. The normalized spacial score (nSPS) is 10.5. The topological polar surface area (TPSA) is 36.4 Å². The van der Waals surface area contributed by atoms with E-state index in [4.69, 9.17) is 5.11 Å². The summed E-state index contributed by atoms with van der Waals surface area (Å²) >= 11 is 5.16. The lowest BCUT2D eigenvalue weighted by atomic mass is 10.2. The van der Waals surface area contributed by atoms with E-state index in [-0.39, 0.29) is 6.61 Å². The zero-order valence-corrected chi connectivity index (χ0v) is 11.8. The lowest BCUT2D eigenvalue weighted by Crippen LogP contribution is -2.17. The van der Waals surface area contributed by atoms with Gasteiger partial charge in [0.05, 0.1) is 13.2 Å². The molecule has 0 bridgehead atoms. The molecule has 17 heavy (non-hydrogen) atoms. The molecule has 1 N–H and O–H groups in total. The first-order valence-corrected chi connectivity index (χ1v) is 6.86. The Morgan fingerprint density at radius 1 is 1.47 bits per heavy atom. The number of thiophene rings is 1. The molecule has 2 rings (SSSR count). The highest BCUT2D eigenvalue weighted by Gasteiger charge is 2.06. The smallest absolute Gasteiger partial charge is 0.128 e. The molecule has 0 aliphatic heterocycles. The monoisotopic (exact) mass is 312 g/mol. The van der Waals surface area contributed by atoms with E-state index >= 15 is 0 Å². The van der Waals surface area contributed by atoms with Gasteiger partial charge in [-0.1, -0.05) is 0 Å². The minimum absolute atomic E-state index is 0.0495. The third-order valence-corrected chi connectivity index (χ3v) is 4.08. The molecule has 0 aromatic carbocycles. The van der Waals surface area contributed by atoms with Gasteiger partial charge in [-0.05, 0) is 39.7 Å². The standard InChI is InChI=1S/C12H13BrN2OS/c1-15(6-11-5-10(13)8-17-11)12-4-9(7-16)2-3-14-12/h2-5,8,16H,6-7H2,1H3. The molecule has 90 valence electrons. The Kier molecular flexibility index (Phi) is 4.15. The molecule has 0 saturated carbocycles. The maximum absolute atomic E-state index is 9.09. The van der Waals surface area contributed by atoms with Crippen molar-refractivity contribution in [2.24, 2.45) is 0 Å². The number of aliphatic hydroxyl groups is 1. The minimum Gasteiger partial charge on any atom is -0.392 e. The highest BCUT2D eigenvalue weighted by molar-refractivity contribution is 9.10. The number of pyridine rings is 1. The van der Waals surface area contributed by atoms with Crippen LogP contribution in [0, 0.1) is 0 Å². The molecule has 0 amide bonds. The summed E-state index contributed by atoms with van der Waals surface area (Å²) in [7, 11) is 2.00. The number of anilines is 1. The molecule has 5 heteroatoms. The van der Waals surface area contributed by atoms with Gasteiger partial charge < -0.3 is 10.0 Å². The zero-order chi connectivity index (χ0) is 12.3. The zero-order valence-electron chi connectivity index (χ0n) is 9.43. The molecule has 0 spiro atoms. The first-order valence-electron chi connectivity index (χ1n) is 5.19. The third-order valence-electron chi connectivity index (χ3n) is 2.40. The summed E-state index contributed by atoms with van der Waals surface area (Å²) in [5, 5.41) is 11.2. The Labute approximate surface area is 113 Å². The maximum atomic E-state index is 9.09. The van der Waals surface area contributed by atoms with Crippen molar-refractivity contribution in [3.63, 3.8) is 0 Å². The Bertz CT molecular complexity index is 501. The van der Waals surface area contributed by atoms with Crippen LogP contribution >= 0.6 is 27.3 Å². The predicted molar refractivity (Wildman–Crippen MR) is 74.3 cm³/mol. The van der Waals surface area contributed by atoms with Gasteiger partial charge in [0.2, 0.25) is 0 Å². The Morgan fingerprint density at radius 3 is 2.94 bits per heavy atom. The average Bonchev–Trinajstić information content (AvgIpc) is 2.75. The summed E-state index contributed by atoms with van der Waals surface area (Å²) in [5.41, 5.74) is 0.884. The number of hydrogen-bond acceptors (Lipinski definition) is 4. The predicted octanol–water partition coefficient (Wildman–Crippen LogP) is 3.03. The summed E-state index contributed by atoms with van der Waals surface area (Å²) in [5.74, 6) is 0.876. The van der Waals surface area contributed by atoms with E-state index < -0.39 is 0 Å². The highest BCUT2D eigenvalue weighted by atomic mass is 79.9. The average molecular weight is 313 g/mol. The number of nitrogens with zero attached hydrogens (tertiary/aromatic N) is 2. The Hall–Kier alpha value is -0.910. The van der Waals surface area contributed by atoms with Gasteiger partial charge in [-0.25, -0.2) is 4.98 Å². The largest absolute Gasteiger partial charge is 0.392 e. The van der Waals surface area contributed by atoms with Crippen molar-refractivity contribution in [3.05, 3.63) is 44.7 Å². The molecular weight excluding hydrogens is 300 g/mol. The lowest BCUT2D eigenvalue weighted by Gasteiger charge is -2.17. The van der Waals surface area contributed by atoms with E-state index in [0.717, 1.165) is 22.4 Å². The van der Waals surface area contributed by atoms with Crippen LogP contribution in [0.2, 0.25) is 0 Å². The molecule has 0 aliphatic rings. The third kappa shape index (κ3) is 3.28. The fourth-order valence-corrected chi connectivity index (χ4v) is 3.02. The molecule has 0 radical (unpaired) electrons. The van der Waals surface area contributed by atoms with Crippen molar-refractivity contribution in [1.82, 2.24) is 4.98 Å². The van der Waals surface area contributed by atoms with Gasteiger partial charge in [0.15, 0.2) is 0 Å². The summed E-state index contributed by atoms with van der Waals surface area (Å²) < 4.78 is 1.11. The number of aromatic nitrogens is 1. The molecule has 2 aromatic rings. The molecule has 2 aromatic heterocycles. The number of halogens is 1. The van der Waals surface area contributed by atoms with Crippen LogP contribution in [-0.2, 0) is 13.2 Å². The first-order chi connectivity index (χ1) is 8.19. The van der Waals surface area contributed by atoms with Crippen LogP contribution in [0.3, 0.4) is 0 Å². The van der Waals surface area contributed by atoms with E-state index in [9.17, 15) is 0 Å². The van der Waals surface area contributed by atoms with Crippen LogP contribution in [0.25, 0.3) is 0 Å². The summed E-state index contributed by atoms with van der Waals surface area (Å²) in [6.07, 6.45) is 1.72. The minimum atomic E-state index is 0.0495. The second kappa shape index (κ2) is 5.62. The molecule has 2 heterocycles. The molecular formula is C12H13BrN2OS. The van der Waals surface area contributed by atoms with Gasteiger partial charge in [-0.3, -0.25) is 0 Å². The van der Waals surface area contributed by atoms with Crippen molar-refractivity contribution in [2.45, 2.75) is 13.2 Å². The van der Waals surface area contributed by atoms with Crippen LogP contribution in [0.4, 0.5) is 5.82 Å². The van der Waals surface area contributed by atoms with Crippen LogP contribution in [0.1, 0.15) is 10.4 Å². The second-order valence-corrected chi connectivity index (χ2v) is 5.68. The quantitative estimate of drug-likeness (QED) is 0.942. The Balaban J connectivity index is 2.11. The van der Waals surface area contributed by atoms with Crippen LogP contribution in [-0.4, -0.2) is 17.1 Å². The second-order valence-electron chi connectivity index (χ2n) is 3.77. The van der Waals surface area contributed by atoms with Gasteiger partial charge in [-0.15, -0.1) is 11.3 Å². The number of hydrogen-bond donors (Lipinski definition) is 1. The number of aliphatic hydroxyl groups excluding tert-OH is 1. The first kappa shape index (κ1) is 12.5. The maximum Gasteiger partial charge on any atom is 0.128 e. The summed E-state index contributed by atoms with van der Waals surface area (Å²) in [6.45, 7) is 0.867. The number of rotatable bonds is 4. The van der Waals surface area contributed by atoms with E-state index in [0.29, 0.717) is 0 Å². The van der Waals surface area contributed by atoms with Crippen LogP contribution < -0.4 is 4.90 Å². The van der Waals surface area contributed by atoms with E-state index in [1.54, 1.807) is 17.5 Å². The SMILES string of the molecule is CN(Cc1cc(Br)cs1)c1cc(CO)ccn1. The molecule has 0 saturated heterocycles. The highest BCUT2D eigenvalue weighted by Crippen LogP contribution is 2.22. The Morgan fingerprint density at radius 2 is 2.29 bits per heavy atom.